The summed E-state index contributed by atoms with van der Waals surface area (Å²) in [6.45, 7) is 16.7. The second kappa shape index (κ2) is 9.84. The normalized spacial score (nSPS) is 19.1. The van der Waals surface area contributed by atoms with Crippen LogP contribution in [-0.4, -0.2) is 74.0 Å². The van der Waals surface area contributed by atoms with Crippen molar-refractivity contribution in [2.24, 2.45) is 0 Å². The number of hydrogen-bond acceptors (Lipinski definition) is 6. The number of anilines is 1. The molecule has 1 saturated heterocycles. The van der Waals surface area contributed by atoms with Crippen LogP contribution in [0.3, 0.4) is 0 Å². The van der Waals surface area contributed by atoms with E-state index in [0.29, 0.717) is 19.0 Å². The van der Waals surface area contributed by atoms with Gasteiger partial charge in [-0.05, 0) is 55.0 Å². The number of nitrogens with zero attached hydrogens (tertiary/aromatic N) is 6. The summed E-state index contributed by atoms with van der Waals surface area (Å²) in [6, 6.07) is 0. The summed E-state index contributed by atoms with van der Waals surface area (Å²) in [5.41, 5.74) is -1.06. The largest absolute Gasteiger partial charge is 3.00 e. The van der Waals surface area contributed by atoms with E-state index < -0.39 is 5.54 Å². The number of hydrogen-bond donors (Lipinski definition) is 0. The Hall–Kier alpha value is -0.366. The zero-order chi connectivity index (χ0) is 21.3. The van der Waals surface area contributed by atoms with Crippen LogP contribution in [0.5, 0.6) is 0 Å². The van der Waals surface area contributed by atoms with E-state index in [0.717, 1.165) is 19.4 Å². The van der Waals surface area contributed by atoms with Crippen LogP contribution in [-0.2, 0) is 37.5 Å². The van der Waals surface area contributed by atoms with Gasteiger partial charge in [0.15, 0.2) is 0 Å². The second-order valence-electron chi connectivity index (χ2n) is 9.41. The molecule has 0 aliphatic carbocycles. The summed E-state index contributed by atoms with van der Waals surface area (Å²) in [4.78, 5) is 31.8. The molecule has 1 fully saturated rings. The zero-order valence-electron chi connectivity index (χ0n) is 19.1. The monoisotopic (exact) mass is 498 g/mol. The Bertz CT molecular complexity index is 712. The van der Waals surface area contributed by atoms with E-state index >= 15 is 0 Å². The van der Waals surface area contributed by atoms with Gasteiger partial charge in [0.1, 0.15) is 11.2 Å². The van der Waals surface area contributed by atoms with E-state index in [9.17, 15) is 4.79 Å². The molecule has 0 atom stereocenters. The van der Waals surface area contributed by atoms with E-state index in [-0.39, 0.29) is 55.0 Å². The van der Waals surface area contributed by atoms with Gasteiger partial charge < -0.3 is 24.8 Å². The van der Waals surface area contributed by atoms with Crippen molar-refractivity contribution in [1.29, 1.82) is 0 Å². The van der Waals surface area contributed by atoms with E-state index in [1.165, 1.54) is 0 Å². The van der Waals surface area contributed by atoms with Crippen LogP contribution in [0.15, 0.2) is 0 Å². The molecular weight excluding hydrogens is 465 g/mol. The fourth-order valence-electron chi connectivity index (χ4n) is 3.97. The third kappa shape index (κ3) is 5.87. The molecule has 0 spiro atoms. The van der Waals surface area contributed by atoms with Gasteiger partial charge in [0.2, 0.25) is 5.91 Å². The van der Waals surface area contributed by atoms with Gasteiger partial charge in [-0.25, -0.2) is 0 Å². The Morgan fingerprint density at radius 1 is 1.24 bits per heavy atom. The van der Waals surface area contributed by atoms with Crippen LogP contribution in [0, 0.1) is 6.33 Å². The maximum absolute atomic E-state index is 13.2. The van der Waals surface area contributed by atoms with Crippen LogP contribution in [0.4, 0.5) is 5.95 Å². The predicted octanol–water partition coefficient (Wildman–Crippen LogP) is 3.04. The van der Waals surface area contributed by atoms with Crippen molar-refractivity contribution in [2.45, 2.75) is 77.9 Å². The molecule has 0 N–H and O–H groups in total. The molecule has 2 rings (SSSR count). The predicted molar refractivity (Wildman–Crippen MR) is 113 cm³/mol. The van der Waals surface area contributed by atoms with Crippen molar-refractivity contribution in [3.63, 3.8) is 0 Å². The molecule has 1 aromatic heterocycles. The van der Waals surface area contributed by atoms with Gasteiger partial charge in [-0.2, -0.15) is 0 Å². The molecule has 7 nitrogen and oxygen atoms in total. The Labute approximate surface area is 205 Å². The third-order valence-corrected chi connectivity index (χ3v) is 6.07. The summed E-state index contributed by atoms with van der Waals surface area (Å²) in [5.74, 6) is 0.636. The first kappa shape index (κ1) is 26.7. The molecule has 29 heavy (non-hydrogen) atoms. The molecule has 0 aromatic carbocycles. The van der Waals surface area contributed by atoms with E-state index in [2.05, 4.69) is 65.7 Å². The van der Waals surface area contributed by atoms with Crippen LogP contribution in [0.25, 0.3) is 0 Å². The molecule has 9 heteroatoms. The fraction of sp³-hybridized carbons (Fsp3) is 0.800. The quantitative estimate of drug-likeness (QED) is 0.539. The summed E-state index contributed by atoms with van der Waals surface area (Å²) in [6.07, 6.45) is 4.61. The average Bonchev–Trinajstić information content (AvgIpc) is 2.58. The fourth-order valence-corrected chi connectivity index (χ4v) is 4.08. The van der Waals surface area contributed by atoms with Gasteiger partial charge in [0.05, 0.1) is 5.54 Å². The Morgan fingerprint density at radius 2 is 1.86 bits per heavy atom. The van der Waals surface area contributed by atoms with Gasteiger partial charge in [-0.3, -0.25) is 9.69 Å². The van der Waals surface area contributed by atoms with E-state index in [1.54, 1.807) is 0 Å². The first-order chi connectivity index (χ1) is 12.8. The topological polar surface area (TPSA) is 65.5 Å². The third-order valence-electron chi connectivity index (χ3n) is 5.90. The number of aromatic nitrogens is 3. The Morgan fingerprint density at radius 3 is 2.41 bits per heavy atom. The summed E-state index contributed by atoms with van der Waals surface area (Å²) in [7, 11) is 2.02. The van der Waals surface area contributed by atoms with Crippen LogP contribution in [0.2, 0.25) is 5.28 Å². The number of amides is 1. The summed E-state index contributed by atoms with van der Waals surface area (Å²) < 4.78 is 0. The maximum atomic E-state index is 13.2. The first-order valence-electron chi connectivity index (χ1n) is 9.91. The minimum absolute atomic E-state index is 0. The molecule has 0 radical (unpaired) electrons. The molecule has 1 aromatic rings. The number of halogens is 1. The number of carbonyl (C=O) groups is 1. The SMILES string of the molecule is CCCCN(c1n[c-]nc(Cl)n1)C(C)(C)CN1CC(C)(C)N(C)C(C)(C)C1=O.[Y+3]. The van der Waals surface area contributed by atoms with Crippen molar-refractivity contribution in [2.75, 3.05) is 31.6 Å². The number of likely N-dealkylation sites (N-methyl/N-ethyl adjacent to an activating group) is 1. The van der Waals surface area contributed by atoms with Crippen LogP contribution < -0.4 is 4.90 Å². The van der Waals surface area contributed by atoms with Crippen molar-refractivity contribution in [3.05, 3.63) is 11.6 Å². The maximum Gasteiger partial charge on any atom is 3.00 e. The van der Waals surface area contributed by atoms with Crippen molar-refractivity contribution < 1.29 is 37.5 Å². The van der Waals surface area contributed by atoms with Gasteiger partial charge in [0, 0.05) is 37.0 Å². The molecule has 1 aliphatic rings. The van der Waals surface area contributed by atoms with Crippen LogP contribution in [0.1, 0.15) is 61.3 Å². The van der Waals surface area contributed by atoms with E-state index in [1.807, 2.05) is 25.8 Å². The summed E-state index contributed by atoms with van der Waals surface area (Å²) in [5, 5.41) is 0.125. The Kier molecular flexibility index (Phi) is 9.05. The minimum Gasteiger partial charge on any atom is -0.387 e. The molecule has 0 bridgehead atoms. The number of rotatable bonds is 7. The zero-order valence-corrected chi connectivity index (χ0v) is 22.7. The smallest absolute Gasteiger partial charge is 0.387 e. The van der Waals surface area contributed by atoms with Crippen molar-refractivity contribution in [1.82, 2.24) is 24.8 Å². The molecule has 158 valence electrons. The van der Waals surface area contributed by atoms with Crippen molar-refractivity contribution >= 4 is 23.5 Å². The molecule has 0 unspecified atom stereocenters. The summed E-state index contributed by atoms with van der Waals surface area (Å²) >= 11 is 5.99. The second-order valence-corrected chi connectivity index (χ2v) is 9.75. The molecular formula is C20H34ClN6OY+2. The van der Waals surface area contributed by atoms with Gasteiger partial charge in [-0.15, -0.1) is 11.6 Å². The van der Waals surface area contributed by atoms with Gasteiger partial charge in [0.25, 0.3) is 0 Å². The molecule has 1 aliphatic heterocycles. The van der Waals surface area contributed by atoms with Crippen LogP contribution >= 0.6 is 11.6 Å². The number of unbranched alkanes of at least 4 members (excludes halogenated alkanes) is 1. The molecule has 1 amide bonds. The first-order valence-corrected chi connectivity index (χ1v) is 10.3. The number of piperazine rings is 1. The van der Waals surface area contributed by atoms with Gasteiger partial charge in [-0.1, -0.05) is 13.3 Å². The molecule has 0 saturated carbocycles. The van der Waals surface area contributed by atoms with Crippen molar-refractivity contribution in [3.8, 4) is 0 Å². The Balaban J connectivity index is 0.00000420. The van der Waals surface area contributed by atoms with E-state index in [4.69, 9.17) is 11.6 Å². The van der Waals surface area contributed by atoms with Gasteiger partial charge >= 0.3 is 32.7 Å². The minimum atomic E-state index is -0.559. The number of carbonyl (C=O) groups excluding carboxylic acids is 1. The molecule has 2 heterocycles. The average molecular weight is 499 g/mol. The standard InChI is InChI=1S/C20H34ClN6O.Y/c1-9-10-11-27(17-23-14-22-16(21)24-17)19(4,5)13-26-12-18(2,3)25(8)20(6,7)15(26)28;/h9-13H2,1-8H3;/q-1;+3.